The van der Waals surface area contributed by atoms with Gasteiger partial charge in [-0.25, -0.2) is 4.79 Å². The van der Waals surface area contributed by atoms with Crippen LogP contribution in [-0.2, 0) is 0 Å². The highest BCUT2D eigenvalue weighted by molar-refractivity contribution is 5.69. The standard InChI is InChI=1S/C23H26N4O7/c28-23(33-21-3-1-17(26(29)30)13-19(21)15-5-9-24-10-6-15)34-22-4-2-18(27(31)32)14-20(22)16-7-11-25-12-8-16/h1-4,13-16,24-25H,5-12H2. The van der Waals surface area contributed by atoms with Crippen LogP contribution in [0.15, 0.2) is 36.4 Å². The lowest BCUT2D eigenvalue weighted by Gasteiger charge is -2.25. The van der Waals surface area contributed by atoms with Crippen molar-refractivity contribution in [1.29, 1.82) is 0 Å². The molecule has 180 valence electrons. The molecule has 0 atom stereocenters. The van der Waals surface area contributed by atoms with Crippen LogP contribution in [0.2, 0.25) is 0 Å². The molecule has 2 aromatic carbocycles. The number of carbonyl (C=O) groups is 1. The number of hydrogen-bond donors (Lipinski definition) is 2. The zero-order valence-electron chi connectivity index (χ0n) is 18.5. The quantitative estimate of drug-likeness (QED) is 0.277. The molecule has 2 aliphatic heterocycles. The Kier molecular flexibility index (Phi) is 7.33. The number of nitro groups is 2. The van der Waals surface area contributed by atoms with Gasteiger partial charge in [0.05, 0.1) is 9.85 Å². The highest BCUT2D eigenvalue weighted by Gasteiger charge is 2.26. The molecule has 0 unspecified atom stereocenters. The van der Waals surface area contributed by atoms with Crippen LogP contribution in [-0.4, -0.2) is 42.2 Å². The summed E-state index contributed by atoms with van der Waals surface area (Å²) in [7, 11) is 0. The van der Waals surface area contributed by atoms with E-state index >= 15 is 0 Å². The molecule has 2 N–H and O–H groups in total. The van der Waals surface area contributed by atoms with Gasteiger partial charge in [0.15, 0.2) is 0 Å². The minimum Gasteiger partial charge on any atom is -0.394 e. The average molecular weight is 470 g/mol. The summed E-state index contributed by atoms with van der Waals surface area (Å²) in [5.74, 6) is 0.447. The van der Waals surface area contributed by atoms with Gasteiger partial charge in [0.2, 0.25) is 0 Å². The predicted octanol–water partition coefficient (Wildman–Crippen LogP) is 4.01. The third-order valence-corrected chi connectivity index (χ3v) is 6.35. The number of benzene rings is 2. The van der Waals surface area contributed by atoms with Gasteiger partial charge >= 0.3 is 6.16 Å². The summed E-state index contributed by atoms with van der Waals surface area (Å²) >= 11 is 0. The van der Waals surface area contributed by atoms with Gasteiger partial charge in [-0.1, -0.05) is 0 Å². The Labute approximate surface area is 195 Å². The lowest BCUT2D eigenvalue weighted by atomic mass is 9.89. The van der Waals surface area contributed by atoms with Crippen molar-refractivity contribution in [3.8, 4) is 11.5 Å². The number of nitrogens with zero attached hydrogens (tertiary/aromatic N) is 2. The Morgan fingerprint density at radius 3 is 1.47 bits per heavy atom. The second-order valence-corrected chi connectivity index (χ2v) is 8.46. The van der Waals surface area contributed by atoms with Gasteiger partial charge in [-0.15, -0.1) is 0 Å². The number of nitro benzene ring substituents is 2. The van der Waals surface area contributed by atoms with Crippen molar-refractivity contribution in [1.82, 2.24) is 10.6 Å². The first-order valence-electron chi connectivity index (χ1n) is 11.3. The maximum Gasteiger partial charge on any atom is 0.519 e. The first kappa shape index (κ1) is 23.6. The molecule has 2 fully saturated rings. The van der Waals surface area contributed by atoms with Crippen LogP contribution in [0.3, 0.4) is 0 Å². The van der Waals surface area contributed by atoms with Crippen LogP contribution in [0.4, 0.5) is 16.2 Å². The van der Waals surface area contributed by atoms with E-state index in [9.17, 15) is 25.0 Å². The van der Waals surface area contributed by atoms with E-state index in [2.05, 4.69) is 10.6 Å². The van der Waals surface area contributed by atoms with Gasteiger partial charge in [0.25, 0.3) is 11.4 Å². The van der Waals surface area contributed by atoms with Crippen molar-refractivity contribution < 1.29 is 24.1 Å². The number of rotatable bonds is 6. The molecule has 4 rings (SSSR count). The highest BCUT2D eigenvalue weighted by Crippen LogP contribution is 2.37. The van der Waals surface area contributed by atoms with Gasteiger partial charge in [-0.3, -0.25) is 20.2 Å². The van der Waals surface area contributed by atoms with E-state index in [1.54, 1.807) is 0 Å². The van der Waals surface area contributed by atoms with Crippen molar-refractivity contribution in [3.05, 3.63) is 67.8 Å². The monoisotopic (exact) mass is 470 g/mol. The normalized spacial score (nSPS) is 17.2. The molecule has 0 saturated carbocycles. The topological polar surface area (TPSA) is 146 Å². The Morgan fingerprint density at radius 2 is 1.12 bits per heavy atom. The Morgan fingerprint density at radius 1 is 0.735 bits per heavy atom. The molecule has 0 bridgehead atoms. The van der Waals surface area contributed by atoms with Crippen LogP contribution in [0.5, 0.6) is 11.5 Å². The summed E-state index contributed by atoms with van der Waals surface area (Å²) < 4.78 is 11.0. The molecule has 0 amide bonds. The molecular weight excluding hydrogens is 444 g/mol. The van der Waals surface area contributed by atoms with E-state index in [0.29, 0.717) is 11.1 Å². The van der Waals surface area contributed by atoms with Crippen molar-refractivity contribution in [2.24, 2.45) is 0 Å². The molecule has 0 aliphatic carbocycles. The van der Waals surface area contributed by atoms with Gasteiger partial charge in [0, 0.05) is 35.4 Å². The lowest BCUT2D eigenvalue weighted by Crippen LogP contribution is -2.27. The van der Waals surface area contributed by atoms with Gasteiger partial charge in [0.1, 0.15) is 11.5 Å². The molecule has 2 aromatic rings. The summed E-state index contributed by atoms with van der Waals surface area (Å²) in [5, 5.41) is 29.1. The Balaban J connectivity index is 1.58. The molecule has 0 spiro atoms. The second-order valence-electron chi connectivity index (χ2n) is 8.46. The number of carbonyl (C=O) groups excluding carboxylic acids is 1. The molecular formula is C23H26N4O7. The Bertz CT molecular complexity index is 995. The first-order chi connectivity index (χ1) is 16.4. The van der Waals surface area contributed by atoms with Crippen LogP contribution in [0.1, 0.15) is 48.6 Å². The van der Waals surface area contributed by atoms with Crippen molar-refractivity contribution in [3.63, 3.8) is 0 Å². The van der Waals surface area contributed by atoms with Gasteiger partial charge in [-0.05, 0) is 75.8 Å². The fourth-order valence-corrected chi connectivity index (χ4v) is 4.59. The van der Waals surface area contributed by atoms with E-state index < -0.39 is 16.0 Å². The van der Waals surface area contributed by atoms with Crippen LogP contribution < -0.4 is 20.1 Å². The van der Waals surface area contributed by atoms with Gasteiger partial charge in [-0.2, -0.15) is 0 Å². The fraction of sp³-hybridized carbons (Fsp3) is 0.435. The largest absolute Gasteiger partial charge is 0.519 e. The summed E-state index contributed by atoms with van der Waals surface area (Å²) in [6.45, 7) is 3.05. The van der Waals surface area contributed by atoms with Crippen LogP contribution in [0.25, 0.3) is 0 Å². The fourth-order valence-electron chi connectivity index (χ4n) is 4.59. The summed E-state index contributed by atoms with van der Waals surface area (Å²) in [6.07, 6.45) is 2.04. The number of ether oxygens (including phenoxy) is 2. The number of nitrogens with one attached hydrogen (secondary N) is 2. The molecule has 2 aliphatic rings. The molecule has 0 aromatic heterocycles. The minimum atomic E-state index is -0.993. The lowest BCUT2D eigenvalue weighted by molar-refractivity contribution is -0.385. The minimum absolute atomic E-state index is 0.00799. The summed E-state index contributed by atoms with van der Waals surface area (Å²) in [6, 6.07) is 8.32. The summed E-state index contributed by atoms with van der Waals surface area (Å²) in [4.78, 5) is 34.4. The van der Waals surface area contributed by atoms with Crippen molar-refractivity contribution in [2.75, 3.05) is 26.2 Å². The number of hydrogen-bond acceptors (Lipinski definition) is 9. The predicted molar refractivity (Wildman–Crippen MR) is 123 cm³/mol. The van der Waals surface area contributed by atoms with E-state index in [1.165, 1.54) is 36.4 Å². The van der Waals surface area contributed by atoms with E-state index in [0.717, 1.165) is 51.9 Å². The third-order valence-electron chi connectivity index (χ3n) is 6.35. The second kappa shape index (κ2) is 10.6. The molecule has 34 heavy (non-hydrogen) atoms. The average Bonchev–Trinajstić information content (AvgIpc) is 2.85. The highest BCUT2D eigenvalue weighted by atomic mass is 16.7. The van der Waals surface area contributed by atoms with Crippen molar-refractivity contribution in [2.45, 2.75) is 37.5 Å². The number of non-ortho nitro benzene ring substituents is 2. The molecule has 0 radical (unpaired) electrons. The zero-order valence-corrected chi connectivity index (χ0v) is 18.5. The van der Waals surface area contributed by atoms with Gasteiger partial charge < -0.3 is 20.1 Å². The van der Waals surface area contributed by atoms with Crippen molar-refractivity contribution >= 4 is 17.5 Å². The van der Waals surface area contributed by atoms with E-state index in [4.69, 9.17) is 9.47 Å². The molecule has 11 nitrogen and oxygen atoms in total. The molecule has 2 heterocycles. The SMILES string of the molecule is O=C(Oc1ccc([N+](=O)[O-])cc1C1CCNCC1)Oc1ccc([N+](=O)[O-])cc1C1CCNCC1. The maximum atomic E-state index is 12.8. The van der Waals surface area contributed by atoms with E-state index in [1.807, 2.05) is 0 Å². The zero-order chi connectivity index (χ0) is 24.1. The third kappa shape index (κ3) is 5.49. The van der Waals surface area contributed by atoms with E-state index in [-0.39, 0.29) is 34.7 Å². The van der Waals surface area contributed by atoms with Crippen LogP contribution >= 0.6 is 0 Å². The molecule has 2 saturated heterocycles. The number of piperidine rings is 2. The maximum absolute atomic E-state index is 12.8. The van der Waals surface area contributed by atoms with Crippen LogP contribution in [0, 0.1) is 20.2 Å². The first-order valence-corrected chi connectivity index (χ1v) is 11.3. The molecule has 11 heteroatoms. The Hall–Kier alpha value is -3.57. The smallest absolute Gasteiger partial charge is 0.394 e. The summed E-state index contributed by atoms with van der Waals surface area (Å²) in [5.41, 5.74) is 1.04.